The Labute approximate surface area is 246 Å². The number of carbonyl (C=O) groups excluding carboxylic acids is 4. The number of carboxylic acid groups (broad SMARTS) is 2. The molecule has 0 saturated heterocycles. The molecule has 0 aliphatic rings. The van der Waals surface area contributed by atoms with Gasteiger partial charge in [-0.2, -0.15) is 0 Å². The minimum atomic E-state index is -1.63. The van der Waals surface area contributed by atoms with Crippen LogP contribution >= 0.6 is 0 Å². The van der Waals surface area contributed by atoms with Crippen molar-refractivity contribution < 1.29 is 39.0 Å². The molecular weight excluding hydrogens is 560 g/mol. The molecule has 4 atom stereocenters. The summed E-state index contributed by atoms with van der Waals surface area (Å²) in [5, 5.41) is 26.6. The quantitative estimate of drug-likeness (QED) is 0.107. The molecule has 0 fully saturated rings. The fraction of sp³-hybridized carbons (Fsp3) is 0.310. The van der Waals surface area contributed by atoms with Crippen molar-refractivity contribution in [1.82, 2.24) is 20.9 Å². The predicted octanol–water partition coefficient (Wildman–Crippen LogP) is -0.440. The van der Waals surface area contributed by atoms with Crippen LogP contribution in [-0.2, 0) is 41.6 Å². The van der Waals surface area contributed by atoms with Crippen LogP contribution in [0.2, 0.25) is 0 Å². The first-order valence-corrected chi connectivity index (χ1v) is 13.4. The number of fused-ring (bicyclic) bond motifs is 1. The molecule has 0 aliphatic heterocycles. The number of para-hydroxylation sites is 1. The third-order valence-corrected chi connectivity index (χ3v) is 6.67. The summed E-state index contributed by atoms with van der Waals surface area (Å²) in [6.07, 6.45) is 0.415. The summed E-state index contributed by atoms with van der Waals surface area (Å²) in [6.45, 7) is 0. The van der Waals surface area contributed by atoms with Crippen LogP contribution in [0.15, 0.2) is 60.8 Å². The third-order valence-electron chi connectivity index (χ3n) is 6.67. The second kappa shape index (κ2) is 15.1. The van der Waals surface area contributed by atoms with Crippen LogP contribution in [0.5, 0.6) is 0 Å². The van der Waals surface area contributed by atoms with E-state index in [1.807, 2.05) is 18.2 Å². The molecule has 1 heterocycles. The Morgan fingerprint density at radius 3 is 1.98 bits per heavy atom. The Kier molecular flexibility index (Phi) is 11.3. The van der Waals surface area contributed by atoms with E-state index < -0.39 is 66.2 Å². The second-order valence-corrected chi connectivity index (χ2v) is 9.98. The summed E-state index contributed by atoms with van der Waals surface area (Å²) in [4.78, 5) is 76.9. The van der Waals surface area contributed by atoms with E-state index in [0.717, 1.165) is 10.9 Å². The van der Waals surface area contributed by atoms with Crippen molar-refractivity contribution in [3.63, 3.8) is 0 Å². The fourth-order valence-corrected chi connectivity index (χ4v) is 4.42. The zero-order chi connectivity index (χ0) is 31.5. The first kappa shape index (κ1) is 32.3. The fourth-order valence-electron chi connectivity index (χ4n) is 4.42. The lowest BCUT2D eigenvalue weighted by Gasteiger charge is -2.25. The molecule has 0 aliphatic carbocycles. The summed E-state index contributed by atoms with van der Waals surface area (Å²) < 4.78 is 0. The number of benzene rings is 2. The van der Waals surface area contributed by atoms with Gasteiger partial charge in [0.15, 0.2) is 0 Å². The number of carbonyl (C=O) groups is 6. The molecule has 2 aromatic carbocycles. The average molecular weight is 595 g/mol. The number of aromatic nitrogens is 1. The molecule has 228 valence electrons. The molecule has 4 amide bonds. The van der Waals surface area contributed by atoms with Crippen LogP contribution in [0.3, 0.4) is 0 Å². The van der Waals surface area contributed by atoms with Crippen molar-refractivity contribution >= 4 is 46.5 Å². The van der Waals surface area contributed by atoms with Crippen molar-refractivity contribution in [1.29, 1.82) is 0 Å². The lowest BCUT2D eigenvalue weighted by Crippen LogP contribution is -2.58. The average Bonchev–Trinajstić information content (AvgIpc) is 3.37. The second-order valence-electron chi connectivity index (χ2n) is 9.98. The summed E-state index contributed by atoms with van der Waals surface area (Å²) in [5.74, 6) is -6.00. The van der Waals surface area contributed by atoms with Crippen molar-refractivity contribution in [2.75, 3.05) is 0 Å². The zero-order valence-corrected chi connectivity index (χ0v) is 23.1. The number of nitrogens with one attached hydrogen (secondary N) is 4. The number of nitrogens with two attached hydrogens (primary N) is 2. The number of rotatable bonds is 16. The van der Waals surface area contributed by atoms with E-state index in [1.54, 1.807) is 42.6 Å². The number of primary amides is 1. The van der Waals surface area contributed by atoms with Gasteiger partial charge in [-0.15, -0.1) is 0 Å². The molecule has 1 aromatic heterocycles. The molecule has 43 heavy (non-hydrogen) atoms. The van der Waals surface area contributed by atoms with Gasteiger partial charge in [0, 0.05) is 36.4 Å². The van der Waals surface area contributed by atoms with E-state index in [1.165, 1.54) is 0 Å². The van der Waals surface area contributed by atoms with Gasteiger partial charge in [0.05, 0.1) is 12.5 Å². The monoisotopic (exact) mass is 594 g/mol. The highest BCUT2D eigenvalue weighted by Crippen LogP contribution is 2.19. The summed E-state index contributed by atoms with van der Waals surface area (Å²) >= 11 is 0. The van der Waals surface area contributed by atoms with Gasteiger partial charge in [-0.05, 0) is 23.6 Å². The maximum absolute atomic E-state index is 13.7. The van der Waals surface area contributed by atoms with E-state index in [4.69, 9.17) is 16.6 Å². The Balaban J connectivity index is 1.89. The maximum atomic E-state index is 13.7. The first-order valence-electron chi connectivity index (χ1n) is 13.4. The SMILES string of the molecule is NC(=O)CC(NC(=O)C(Cc1ccccc1)NC(=O)C(Cc1c[nH]c2ccccc12)NC(=O)C(N)CCC(=O)O)C(=O)O. The molecule has 0 saturated carbocycles. The minimum absolute atomic E-state index is 0.0215. The lowest BCUT2D eigenvalue weighted by atomic mass is 10.0. The number of amides is 4. The Bertz CT molecular complexity index is 1470. The molecule has 3 aromatic rings. The van der Waals surface area contributed by atoms with E-state index in [0.29, 0.717) is 11.1 Å². The van der Waals surface area contributed by atoms with E-state index in [-0.39, 0.29) is 25.7 Å². The highest BCUT2D eigenvalue weighted by atomic mass is 16.4. The summed E-state index contributed by atoms with van der Waals surface area (Å²) in [6, 6.07) is 10.5. The van der Waals surface area contributed by atoms with Crippen molar-refractivity contribution in [3.05, 3.63) is 71.9 Å². The highest BCUT2D eigenvalue weighted by Gasteiger charge is 2.31. The highest BCUT2D eigenvalue weighted by molar-refractivity contribution is 5.95. The zero-order valence-electron chi connectivity index (χ0n) is 23.1. The number of aromatic amines is 1. The van der Waals surface area contributed by atoms with Crippen LogP contribution in [0.1, 0.15) is 30.4 Å². The number of aliphatic carboxylic acids is 2. The normalized spacial score (nSPS) is 13.7. The number of hydrogen-bond donors (Lipinski definition) is 8. The van der Waals surface area contributed by atoms with Crippen LogP contribution < -0.4 is 27.4 Å². The lowest BCUT2D eigenvalue weighted by molar-refractivity contribution is -0.143. The topological polar surface area (TPSA) is 247 Å². The van der Waals surface area contributed by atoms with Gasteiger partial charge in [-0.3, -0.25) is 24.0 Å². The van der Waals surface area contributed by atoms with Gasteiger partial charge in [-0.25, -0.2) is 4.79 Å². The standard InChI is InChI=1S/C29H34N6O8/c30-19(10-11-25(37)38)26(39)33-22(13-17-15-32-20-9-5-4-8-18(17)20)28(41)34-21(12-16-6-2-1-3-7-16)27(40)35-23(29(42)43)14-24(31)36/h1-9,15,19,21-23,32H,10-14,30H2,(H2,31,36)(H,33,39)(H,34,41)(H,35,40)(H,37,38)(H,42,43). The van der Waals surface area contributed by atoms with E-state index >= 15 is 0 Å². The number of carboxylic acids is 2. The van der Waals surface area contributed by atoms with Crippen LogP contribution in [0.25, 0.3) is 10.9 Å². The van der Waals surface area contributed by atoms with Crippen molar-refractivity contribution in [2.24, 2.45) is 11.5 Å². The van der Waals surface area contributed by atoms with Crippen molar-refractivity contribution in [3.8, 4) is 0 Å². The molecule has 0 bridgehead atoms. The molecule has 4 unspecified atom stereocenters. The third kappa shape index (κ3) is 9.67. The molecule has 14 nitrogen and oxygen atoms in total. The van der Waals surface area contributed by atoms with Crippen molar-refractivity contribution in [2.45, 2.75) is 56.3 Å². The van der Waals surface area contributed by atoms with Gasteiger partial charge in [0.1, 0.15) is 18.1 Å². The van der Waals surface area contributed by atoms with Crippen LogP contribution in [-0.4, -0.2) is 74.9 Å². The molecule has 3 rings (SSSR count). The van der Waals surface area contributed by atoms with Gasteiger partial charge in [0.25, 0.3) is 0 Å². The van der Waals surface area contributed by atoms with Gasteiger partial charge >= 0.3 is 11.9 Å². The first-order chi connectivity index (χ1) is 20.4. The summed E-state index contributed by atoms with van der Waals surface area (Å²) in [7, 11) is 0. The molecule has 10 N–H and O–H groups in total. The van der Waals surface area contributed by atoms with Gasteiger partial charge in [0.2, 0.25) is 23.6 Å². The maximum Gasteiger partial charge on any atom is 0.326 e. The Morgan fingerprint density at radius 2 is 1.35 bits per heavy atom. The Hall–Kier alpha value is -5.24. The summed E-state index contributed by atoms with van der Waals surface area (Å²) in [5.41, 5.74) is 13.1. The van der Waals surface area contributed by atoms with Crippen LogP contribution in [0, 0.1) is 0 Å². The minimum Gasteiger partial charge on any atom is -0.481 e. The predicted molar refractivity (Wildman–Crippen MR) is 154 cm³/mol. The molecule has 0 spiro atoms. The van der Waals surface area contributed by atoms with Gasteiger partial charge in [-0.1, -0.05) is 48.5 Å². The smallest absolute Gasteiger partial charge is 0.326 e. The molecular formula is C29H34N6O8. The van der Waals surface area contributed by atoms with Gasteiger partial charge < -0.3 is 42.6 Å². The Morgan fingerprint density at radius 1 is 0.767 bits per heavy atom. The number of H-pyrrole nitrogens is 1. The molecule has 0 radical (unpaired) electrons. The number of hydrogen-bond acceptors (Lipinski definition) is 7. The largest absolute Gasteiger partial charge is 0.481 e. The molecule has 14 heteroatoms. The van der Waals surface area contributed by atoms with Crippen LogP contribution in [0.4, 0.5) is 0 Å². The van der Waals surface area contributed by atoms with E-state index in [2.05, 4.69) is 20.9 Å². The van der Waals surface area contributed by atoms with E-state index in [9.17, 15) is 33.9 Å².